The van der Waals surface area contributed by atoms with Crippen molar-refractivity contribution in [1.82, 2.24) is 0 Å². The molecule has 1 unspecified atom stereocenters. The van der Waals surface area contributed by atoms with Gasteiger partial charge in [-0.25, -0.2) is 0 Å². The lowest BCUT2D eigenvalue weighted by Gasteiger charge is -2.27. The highest BCUT2D eigenvalue weighted by Gasteiger charge is 2.27. The average molecular weight is 342 g/mol. The minimum atomic E-state index is -0.799. The summed E-state index contributed by atoms with van der Waals surface area (Å²) < 4.78 is 5.63. The van der Waals surface area contributed by atoms with Crippen LogP contribution in [-0.2, 0) is 4.65 Å². The summed E-state index contributed by atoms with van der Waals surface area (Å²) in [5.74, 6) is 0.344. The van der Waals surface area contributed by atoms with Crippen molar-refractivity contribution in [3.05, 3.63) is 58.2 Å². The molecule has 1 heterocycles. The number of rotatable bonds is 6. The van der Waals surface area contributed by atoms with Gasteiger partial charge in [-0.15, -0.1) is 0 Å². The molecule has 25 heavy (non-hydrogen) atoms. The van der Waals surface area contributed by atoms with Gasteiger partial charge in [0.2, 0.25) is 0 Å². The number of aliphatic hydroxyl groups is 1. The molecular weight excluding hydrogens is 315 g/mol. The molecule has 1 aromatic rings. The van der Waals surface area contributed by atoms with E-state index in [-0.39, 0.29) is 12.7 Å². The maximum absolute atomic E-state index is 9.87. The van der Waals surface area contributed by atoms with E-state index in [2.05, 4.69) is 19.6 Å². The molecule has 0 aromatic heterocycles. The first-order chi connectivity index (χ1) is 11.8. The summed E-state index contributed by atoms with van der Waals surface area (Å²) in [5, 5.41) is 28.9. The SMILES string of the molecule is C=C(CO)C1=CCB(O)OC1CC/C(C)=C/c1cc(C)c(O)c(C)c1. The second-order valence-electron chi connectivity index (χ2n) is 6.77. The molecule has 0 fully saturated rings. The van der Waals surface area contributed by atoms with Gasteiger partial charge in [-0.05, 0) is 73.6 Å². The zero-order valence-electron chi connectivity index (χ0n) is 15.2. The normalized spacial score (nSPS) is 18.3. The Kier molecular flexibility index (Phi) is 6.65. The number of aliphatic hydroxyl groups excluding tert-OH is 1. The van der Waals surface area contributed by atoms with E-state index in [9.17, 15) is 15.2 Å². The summed E-state index contributed by atoms with van der Waals surface area (Å²) in [7, 11) is -0.799. The Hall–Kier alpha value is -1.82. The van der Waals surface area contributed by atoms with Crippen molar-refractivity contribution < 1.29 is 19.9 Å². The quantitative estimate of drug-likeness (QED) is 0.692. The first kappa shape index (κ1) is 19.5. The summed E-state index contributed by atoms with van der Waals surface area (Å²) >= 11 is 0. The van der Waals surface area contributed by atoms with Crippen LogP contribution in [0.1, 0.15) is 36.5 Å². The molecular formula is C20H27BO4. The van der Waals surface area contributed by atoms with E-state index in [1.54, 1.807) is 0 Å². The predicted octanol–water partition coefficient (Wildman–Crippen LogP) is 3.55. The fourth-order valence-corrected chi connectivity index (χ4v) is 3.15. The van der Waals surface area contributed by atoms with Crippen LogP contribution in [0.5, 0.6) is 5.75 Å². The molecule has 0 amide bonds. The van der Waals surface area contributed by atoms with Crippen molar-refractivity contribution in [1.29, 1.82) is 0 Å². The molecule has 3 N–H and O–H groups in total. The molecule has 0 radical (unpaired) electrons. The zero-order chi connectivity index (χ0) is 18.6. The van der Waals surface area contributed by atoms with E-state index in [0.717, 1.165) is 28.7 Å². The van der Waals surface area contributed by atoms with Gasteiger partial charge in [0, 0.05) is 6.32 Å². The Morgan fingerprint density at radius 1 is 1.36 bits per heavy atom. The summed E-state index contributed by atoms with van der Waals surface area (Å²) in [6, 6.07) is 3.93. The predicted molar refractivity (Wildman–Crippen MR) is 102 cm³/mol. The van der Waals surface area contributed by atoms with Gasteiger partial charge < -0.3 is 19.9 Å². The van der Waals surface area contributed by atoms with E-state index in [4.69, 9.17) is 4.65 Å². The van der Waals surface area contributed by atoms with Crippen molar-refractivity contribution >= 4 is 13.2 Å². The summed E-state index contributed by atoms with van der Waals surface area (Å²) in [4.78, 5) is 0. The van der Waals surface area contributed by atoms with Crippen LogP contribution in [0.25, 0.3) is 6.08 Å². The molecule has 1 atom stereocenters. The lowest BCUT2D eigenvalue weighted by molar-refractivity contribution is 0.180. The van der Waals surface area contributed by atoms with Crippen molar-refractivity contribution in [2.75, 3.05) is 6.61 Å². The van der Waals surface area contributed by atoms with Crippen LogP contribution in [-0.4, -0.2) is 35.1 Å². The maximum atomic E-state index is 9.87. The second-order valence-corrected chi connectivity index (χ2v) is 6.77. The molecule has 2 rings (SSSR count). The molecule has 0 bridgehead atoms. The van der Waals surface area contributed by atoms with Crippen LogP contribution >= 0.6 is 0 Å². The molecule has 1 aromatic carbocycles. The van der Waals surface area contributed by atoms with Crippen LogP contribution in [0, 0.1) is 13.8 Å². The number of phenolic OH excluding ortho intramolecular Hbond substituents is 1. The van der Waals surface area contributed by atoms with E-state index < -0.39 is 7.12 Å². The standard InChI is InChI=1S/C20H27BO4/c1-13(9-17-10-14(2)20(23)15(3)11-17)5-6-19-18(16(4)12-22)7-8-21(24)25-19/h7,9-11,19,22-24H,4-6,8,12H2,1-3H3/b13-9+. The molecule has 4 nitrogen and oxygen atoms in total. The third-order valence-electron chi connectivity index (χ3n) is 4.53. The monoisotopic (exact) mass is 342 g/mol. The smallest absolute Gasteiger partial charge is 0.458 e. The van der Waals surface area contributed by atoms with Crippen LogP contribution in [0.15, 0.2) is 41.5 Å². The highest BCUT2D eigenvalue weighted by atomic mass is 16.5. The van der Waals surface area contributed by atoms with Gasteiger partial charge in [-0.1, -0.05) is 24.3 Å². The van der Waals surface area contributed by atoms with E-state index in [1.807, 2.05) is 32.1 Å². The number of aromatic hydroxyl groups is 1. The highest BCUT2D eigenvalue weighted by molar-refractivity contribution is 6.43. The largest absolute Gasteiger partial charge is 0.507 e. The Labute approximate surface area is 150 Å². The Bertz CT molecular complexity index is 683. The minimum Gasteiger partial charge on any atom is -0.507 e. The Balaban J connectivity index is 2.07. The Morgan fingerprint density at radius 2 is 2.00 bits per heavy atom. The molecule has 5 heteroatoms. The van der Waals surface area contributed by atoms with Crippen molar-refractivity contribution in [2.24, 2.45) is 0 Å². The van der Waals surface area contributed by atoms with E-state index in [1.165, 1.54) is 5.57 Å². The maximum Gasteiger partial charge on any atom is 0.458 e. The van der Waals surface area contributed by atoms with Crippen molar-refractivity contribution in [2.45, 2.75) is 46.0 Å². The van der Waals surface area contributed by atoms with Gasteiger partial charge in [-0.3, -0.25) is 0 Å². The van der Waals surface area contributed by atoms with Crippen molar-refractivity contribution in [3.63, 3.8) is 0 Å². The fraction of sp³-hybridized carbons (Fsp3) is 0.400. The fourth-order valence-electron chi connectivity index (χ4n) is 3.15. The van der Waals surface area contributed by atoms with Gasteiger partial charge in [-0.2, -0.15) is 0 Å². The van der Waals surface area contributed by atoms with Crippen molar-refractivity contribution in [3.8, 4) is 5.75 Å². The molecule has 0 spiro atoms. The summed E-state index contributed by atoms with van der Waals surface area (Å²) in [6.07, 6.45) is 5.68. The van der Waals surface area contributed by atoms with Crippen LogP contribution in [0.4, 0.5) is 0 Å². The molecule has 0 saturated heterocycles. The van der Waals surface area contributed by atoms with E-state index in [0.29, 0.717) is 24.1 Å². The highest BCUT2D eigenvalue weighted by Crippen LogP contribution is 2.28. The molecule has 0 saturated carbocycles. The topological polar surface area (TPSA) is 69.9 Å². The number of phenols is 1. The van der Waals surface area contributed by atoms with Crippen LogP contribution in [0.3, 0.4) is 0 Å². The first-order valence-corrected chi connectivity index (χ1v) is 8.61. The molecule has 134 valence electrons. The summed E-state index contributed by atoms with van der Waals surface area (Å²) in [5.41, 5.74) is 5.50. The number of allylic oxidation sites excluding steroid dienone is 2. The number of benzene rings is 1. The van der Waals surface area contributed by atoms with Gasteiger partial charge in [0.05, 0.1) is 12.7 Å². The minimum absolute atomic E-state index is 0.108. The number of aryl methyl sites for hydroxylation is 2. The molecule has 0 aliphatic carbocycles. The Morgan fingerprint density at radius 3 is 2.60 bits per heavy atom. The van der Waals surface area contributed by atoms with Gasteiger partial charge in [0.1, 0.15) is 5.75 Å². The lowest BCUT2D eigenvalue weighted by atomic mass is 9.78. The average Bonchev–Trinajstić information content (AvgIpc) is 2.57. The summed E-state index contributed by atoms with van der Waals surface area (Å²) in [6.45, 7) is 9.61. The van der Waals surface area contributed by atoms with E-state index >= 15 is 0 Å². The molecule has 1 aliphatic heterocycles. The lowest BCUT2D eigenvalue weighted by Crippen LogP contribution is -2.32. The first-order valence-electron chi connectivity index (χ1n) is 8.61. The third kappa shape index (κ3) is 5.08. The van der Waals surface area contributed by atoms with Crippen LogP contribution < -0.4 is 0 Å². The number of hydrogen-bond acceptors (Lipinski definition) is 4. The van der Waals surface area contributed by atoms with Gasteiger partial charge in [0.15, 0.2) is 0 Å². The van der Waals surface area contributed by atoms with Gasteiger partial charge >= 0.3 is 7.12 Å². The second kappa shape index (κ2) is 8.52. The number of hydrogen-bond donors (Lipinski definition) is 3. The molecule has 1 aliphatic rings. The van der Waals surface area contributed by atoms with Crippen LogP contribution in [0.2, 0.25) is 6.32 Å². The van der Waals surface area contributed by atoms with Gasteiger partial charge in [0.25, 0.3) is 0 Å². The zero-order valence-corrected chi connectivity index (χ0v) is 15.2. The third-order valence-corrected chi connectivity index (χ3v) is 4.53.